The fourth-order valence-corrected chi connectivity index (χ4v) is 6.50. The van der Waals surface area contributed by atoms with Gasteiger partial charge in [0.25, 0.3) is 11.8 Å². The molecule has 2 aromatic carbocycles. The zero-order valence-electron chi connectivity index (χ0n) is 34.1. The lowest BCUT2D eigenvalue weighted by atomic mass is 9.82. The zero-order valence-corrected chi connectivity index (χ0v) is 34.1. The van der Waals surface area contributed by atoms with Crippen molar-refractivity contribution < 1.29 is 52.1 Å². The number of hydrogen-bond donors (Lipinski definition) is 4. The first kappa shape index (κ1) is 46.8. The Morgan fingerprint density at radius 1 is 0.917 bits per heavy atom. The summed E-state index contributed by atoms with van der Waals surface area (Å²) in [6.07, 6.45) is 6.80. The number of imide groups is 1. The Morgan fingerprint density at radius 2 is 1.60 bits per heavy atom. The van der Waals surface area contributed by atoms with E-state index in [4.69, 9.17) is 19.9 Å². The molecule has 0 spiro atoms. The van der Waals surface area contributed by atoms with Gasteiger partial charge >= 0.3 is 0 Å². The molecular weight excluding hydrogens is 783 g/mol. The number of nitrogens with one attached hydrogen (secondary N) is 2. The Morgan fingerprint density at radius 3 is 2.28 bits per heavy atom. The van der Waals surface area contributed by atoms with Gasteiger partial charge in [0.1, 0.15) is 37.4 Å². The average molecular weight is 837 g/mol. The highest BCUT2D eigenvalue weighted by Crippen LogP contribution is 2.41. The molecule has 15 nitrogen and oxygen atoms in total. The standard InChI is InChI=1S/C43H54F2N6O9/c1-43(2,3)41(36-25-31(33-26-32(44)9-10-34(33)45)28-49(36)27-30-7-5-4-6-8-30)51(40(56)29-52)17-13-35(46)42(57)48-16-15-47-37(53)14-19-58-21-23-60-24-22-59-20-18-50-38(54)11-12-39(50)55/h4-12,21,23,25-26,28,35,41,52H,13-20,22,24,27,29,46H2,1-3H3,(H,47,53)(H,48,57)/b23-21+/t35-,41-/m0/s1. The molecule has 17 heteroatoms. The number of carbonyl (C=O) groups is 5. The van der Waals surface area contributed by atoms with Crippen LogP contribution in [0.4, 0.5) is 8.78 Å². The van der Waals surface area contributed by atoms with Crippen LogP contribution in [-0.4, -0.2) is 114 Å². The summed E-state index contributed by atoms with van der Waals surface area (Å²) in [5.74, 6) is -3.37. The molecule has 0 saturated heterocycles. The van der Waals surface area contributed by atoms with Crippen molar-refractivity contribution in [1.82, 2.24) is 25.0 Å². The van der Waals surface area contributed by atoms with Crippen LogP contribution < -0.4 is 16.4 Å². The fourth-order valence-electron chi connectivity index (χ4n) is 6.50. The number of rotatable bonds is 24. The first-order valence-corrected chi connectivity index (χ1v) is 19.6. The predicted octanol–water partition coefficient (Wildman–Crippen LogP) is 3.18. The van der Waals surface area contributed by atoms with Gasteiger partial charge in [0.2, 0.25) is 17.7 Å². The molecule has 0 unspecified atom stereocenters. The molecule has 2 atom stereocenters. The van der Waals surface area contributed by atoms with Crippen molar-refractivity contribution in [3.63, 3.8) is 0 Å². The molecule has 5 N–H and O–H groups in total. The van der Waals surface area contributed by atoms with Crippen LogP contribution in [0.3, 0.4) is 0 Å². The van der Waals surface area contributed by atoms with Gasteiger partial charge in [-0.15, -0.1) is 0 Å². The second-order valence-corrected chi connectivity index (χ2v) is 15.0. The number of benzene rings is 2. The Balaban J connectivity index is 1.24. The summed E-state index contributed by atoms with van der Waals surface area (Å²) in [5, 5.41) is 15.4. The minimum atomic E-state index is -1.04. The molecule has 1 aliphatic rings. The number of halogens is 2. The molecule has 0 aliphatic carbocycles. The number of aliphatic hydroxyl groups is 1. The molecule has 0 radical (unpaired) electrons. The van der Waals surface area contributed by atoms with E-state index in [2.05, 4.69) is 10.6 Å². The normalized spacial score (nSPS) is 13.8. The number of hydrogen-bond acceptors (Lipinski definition) is 10. The lowest BCUT2D eigenvalue weighted by Crippen LogP contribution is -2.48. The molecule has 0 saturated carbocycles. The maximum atomic E-state index is 15.0. The lowest BCUT2D eigenvalue weighted by Gasteiger charge is -2.41. The number of aliphatic hydroxyl groups excluding tert-OH is 1. The molecule has 0 bridgehead atoms. The molecule has 5 amide bonds. The highest BCUT2D eigenvalue weighted by molar-refractivity contribution is 6.12. The van der Waals surface area contributed by atoms with Gasteiger partial charge < -0.3 is 45.2 Å². The van der Waals surface area contributed by atoms with Crippen molar-refractivity contribution in [2.75, 3.05) is 59.2 Å². The van der Waals surface area contributed by atoms with Gasteiger partial charge in [-0.25, -0.2) is 8.78 Å². The lowest BCUT2D eigenvalue weighted by molar-refractivity contribution is -0.140. The van der Waals surface area contributed by atoms with Crippen LogP contribution in [-0.2, 0) is 44.7 Å². The van der Waals surface area contributed by atoms with Crippen molar-refractivity contribution in [2.24, 2.45) is 11.1 Å². The van der Waals surface area contributed by atoms with Gasteiger partial charge in [-0.3, -0.25) is 28.9 Å². The summed E-state index contributed by atoms with van der Waals surface area (Å²) in [6, 6.07) is 12.7. The van der Waals surface area contributed by atoms with Crippen LogP contribution in [0.2, 0.25) is 0 Å². The van der Waals surface area contributed by atoms with Gasteiger partial charge in [-0.1, -0.05) is 51.1 Å². The second kappa shape index (κ2) is 23.0. The van der Waals surface area contributed by atoms with Crippen LogP contribution in [0, 0.1) is 17.0 Å². The van der Waals surface area contributed by atoms with E-state index in [1.165, 1.54) is 29.6 Å². The Labute approximate surface area is 348 Å². The van der Waals surface area contributed by atoms with Gasteiger partial charge in [-0.05, 0) is 41.7 Å². The maximum Gasteiger partial charge on any atom is 0.253 e. The molecular formula is C43H54F2N6O9. The number of amides is 5. The summed E-state index contributed by atoms with van der Waals surface area (Å²) in [5.41, 5.74) is 7.63. The van der Waals surface area contributed by atoms with E-state index in [9.17, 15) is 33.5 Å². The monoisotopic (exact) mass is 836 g/mol. The number of nitrogens with two attached hydrogens (primary N) is 1. The van der Waals surface area contributed by atoms with E-state index < -0.39 is 47.6 Å². The van der Waals surface area contributed by atoms with Crippen molar-refractivity contribution in [2.45, 2.75) is 52.2 Å². The number of aromatic nitrogens is 1. The molecule has 60 heavy (non-hydrogen) atoms. The maximum absolute atomic E-state index is 15.0. The third-order valence-electron chi connectivity index (χ3n) is 9.40. The van der Waals surface area contributed by atoms with E-state index in [0.29, 0.717) is 17.8 Å². The molecule has 3 aromatic rings. The van der Waals surface area contributed by atoms with Crippen LogP contribution in [0.1, 0.15) is 50.9 Å². The largest absolute Gasteiger partial charge is 0.497 e. The third kappa shape index (κ3) is 14.1. The van der Waals surface area contributed by atoms with Crippen molar-refractivity contribution in [3.8, 4) is 11.1 Å². The highest BCUT2D eigenvalue weighted by Gasteiger charge is 2.37. The molecule has 4 rings (SSSR count). The average Bonchev–Trinajstić information content (AvgIpc) is 3.77. The summed E-state index contributed by atoms with van der Waals surface area (Å²) in [6.45, 7) is 6.35. The van der Waals surface area contributed by atoms with E-state index >= 15 is 4.39 Å². The van der Waals surface area contributed by atoms with Crippen molar-refractivity contribution in [1.29, 1.82) is 0 Å². The number of ether oxygens (including phenoxy) is 3. The summed E-state index contributed by atoms with van der Waals surface area (Å²) >= 11 is 0. The van der Waals surface area contributed by atoms with Crippen molar-refractivity contribution in [3.05, 3.63) is 108 Å². The zero-order chi connectivity index (χ0) is 43.7. The highest BCUT2D eigenvalue weighted by atomic mass is 19.1. The van der Waals surface area contributed by atoms with E-state index in [0.717, 1.165) is 28.7 Å². The van der Waals surface area contributed by atoms with Crippen LogP contribution in [0.25, 0.3) is 11.1 Å². The first-order chi connectivity index (χ1) is 28.7. The van der Waals surface area contributed by atoms with Crippen LogP contribution >= 0.6 is 0 Å². The minimum Gasteiger partial charge on any atom is -0.497 e. The van der Waals surface area contributed by atoms with E-state index in [-0.39, 0.29) is 88.7 Å². The first-order valence-electron chi connectivity index (χ1n) is 19.6. The summed E-state index contributed by atoms with van der Waals surface area (Å²) in [4.78, 5) is 64.1. The second-order valence-electron chi connectivity index (χ2n) is 15.0. The molecule has 1 aliphatic heterocycles. The number of nitrogens with zero attached hydrogens (tertiary/aromatic N) is 3. The van der Waals surface area contributed by atoms with Crippen molar-refractivity contribution >= 4 is 29.5 Å². The Kier molecular flexibility index (Phi) is 18.0. The third-order valence-corrected chi connectivity index (χ3v) is 9.40. The SMILES string of the molecule is CC(C)(C)[C@H](c1cc(-c2cc(F)ccc2F)cn1Cc1ccccc1)N(CC[C@H](N)C(=O)NCCNC(=O)CCO/C=C/OCCOCCN1C(=O)C=CC1=O)C(=O)CO. The topological polar surface area (TPSA) is 195 Å². The van der Waals surface area contributed by atoms with Gasteiger partial charge in [0, 0.05) is 61.3 Å². The van der Waals surface area contributed by atoms with E-state index in [1.807, 2.05) is 55.7 Å². The molecule has 1 aromatic heterocycles. The Bertz CT molecular complexity index is 1960. The predicted molar refractivity (Wildman–Crippen MR) is 217 cm³/mol. The summed E-state index contributed by atoms with van der Waals surface area (Å²) < 4.78 is 47.0. The number of carbonyl (C=O) groups excluding carboxylic acids is 5. The van der Waals surface area contributed by atoms with Gasteiger partial charge in [-0.2, -0.15) is 0 Å². The fraction of sp³-hybridized carbons (Fsp3) is 0.419. The minimum absolute atomic E-state index is 0.0105. The van der Waals surface area contributed by atoms with Crippen LogP contribution in [0.15, 0.2) is 85.5 Å². The van der Waals surface area contributed by atoms with E-state index in [1.54, 1.807) is 12.3 Å². The molecule has 2 heterocycles. The molecule has 324 valence electrons. The van der Waals surface area contributed by atoms with Crippen LogP contribution in [0.5, 0.6) is 0 Å². The molecule has 0 fully saturated rings. The van der Waals surface area contributed by atoms with Gasteiger partial charge in [0.05, 0.1) is 44.9 Å². The summed E-state index contributed by atoms with van der Waals surface area (Å²) in [7, 11) is 0. The Hall–Kier alpha value is -5.91. The smallest absolute Gasteiger partial charge is 0.253 e. The quantitative estimate of drug-likeness (QED) is 0.0592. The van der Waals surface area contributed by atoms with Gasteiger partial charge in [0.15, 0.2) is 0 Å².